The molecule has 3 heterocycles. The summed E-state index contributed by atoms with van der Waals surface area (Å²) in [6, 6.07) is 23.6. The van der Waals surface area contributed by atoms with Gasteiger partial charge in [0.25, 0.3) is 0 Å². The largest absolute Gasteiger partial charge is 0.369 e. The zero-order chi connectivity index (χ0) is 26.1. The van der Waals surface area contributed by atoms with Gasteiger partial charge in [-0.25, -0.2) is 14.0 Å². The summed E-state index contributed by atoms with van der Waals surface area (Å²) in [5, 5.41) is 5.85. The number of benzene rings is 3. The molecular formula is C29H28Cl2N6O. The van der Waals surface area contributed by atoms with Crippen molar-refractivity contribution in [2.24, 2.45) is 4.99 Å². The summed E-state index contributed by atoms with van der Waals surface area (Å²) in [6.07, 6.45) is 0.851. The van der Waals surface area contributed by atoms with Gasteiger partial charge in [0, 0.05) is 66.1 Å². The SMILES string of the molecule is O=c1n(CCCN2CCN(c3ccccc3)CC2)nc2n1-c1ccc(Cl)cc1C(c1ccccc1Cl)=NC2. The molecule has 1 aromatic heterocycles. The van der Waals surface area contributed by atoms with Gasteiger partial charge in [-0.2, -0.15) is 5.10 Å². The first-order valence-corrected chi connectivity index (χ1v) is 13.6. The first kappa shape index (κ1) is 24.9. The van der Waals surface area contributed by atoms with Crippen LogP contribution in [0.2, 0.25) is 10.0 Å². The van der Waals surface area contributed by atoms with Gasteiger partial charge in [0.2, 0.25) is 0 Å². The highest BCUT2D eigenvalue weighted by Gasteiger charge is 2.25. The van der Waals surface area contributed by atoms with Crippen LogP contribution in [0.3, 0.4) is 0 Å². The van der Waals surface area contributed by atoms with Crippen molar-refractivity contribution in [2.45, 2.75) is 19.5 Å². The second-order valence-corrected chi connectivity index (χ2v) is 10.4. The fourth-order valence-corrected chi connectivity index (χ4v) is 5.66. The first-order chi connectivity index (χ1) is 18.6. The number of aryl methyl sites for hydroxylation is 1. The van der Waals surface area contributed by atoms with E-state index in [4.69, 9.17) is 28.2 Å². The molecule has 2 aliphatic heterocycles. The highest BCUT2D eigenvalue weighted by Crippen LogP contribution is 2.29. The van der Waals surface area contributed by atoms with E-state index in [0.717, 1.165) is 50.3 Å². The number of halogens is 2. The Bertz CT molecular complexity index is 1540. The average molecular weight is 547 g/mol. The van der Waals surface area contributed by atoms with E-state index < -0.39 is 0 Å². The van der Waals surface area contributed by atoms with Gasteiger partial charge in [0.15, 0.2) is 5.82 Å². The molecule has 0 unspecified atom stereocenters. The van der Waals surface area contributed by atoms with Crippen molar-refractivity contribution in [2.75, 3.05) is 37.6 Å². The van der Waals surface area contributed by atoms with Crippen LogP contribution in [0.1, 0.15) is 23.4 Å². The number of rotatable bonds is 6. The van der Waals surface area contributed by atoms with E-state index >= 15 is 0 Å². The summed E-state index contributed by atoms with van der Waals surface area (Å²) in [6.45, 7) is 5.80. The van der Waals surface area contributed by atoms with Gasteiger partial charge in [0.05, 0.1) is 11.4 Å². The fourth-order valence-electron chi connectivity index (χ4n) is 5.27. The lowest BCUT2D eigenvalue weighted by Gasteiger charge is -2.36. The summed E-state index contributed by atoms with van der Waals surface area (Å²) in [5.74, 6) is 0.608. The third kappa shape index (κ3) is 4.89. The Hall–Kier alpha value is -3.39. The van der Waals surface area contributed by atoms with Crippen molar-refractivity contribution >= 4 is 34.6 Å². The van der Waals surface area contributed by atoms with Crippen LogP contribution < -0.4 is 10.6 Å². The summed E-state index contributed by atoms with van der Waals surface area (Å²) >= 11 is 12.9. The van der Waals surface area contributed by atoms with Gasteiger partial charge >= 0.3 is 5.69 Å². The number of aliphatic imine (C=N–C) groups is 1. The van der Waals surface area contributed by atoms with Gasteiger partial charge < -0.3 is 4.90 Å². The van der Waals surface area contributed by atoms with Crippen LogP contribution in [0.5, 0.6) is 0 Å². The molecule has 0 bridgehead atoms. The van der Waals surface area contributed by atoms with Gasteiger partial charge in [-0.3, -0.25) is 9.89 Å². The maximum Gasteiger partial charge on any atom is 0.350 e. The molecule has 9 heteroatoms. The topological polar surface area (TPSA) is 58.7 Å². The Morgan fingerprint density at radius 1 is 0.816 bits per heavy atom. The number of para-hydroxylation sites is 1. The van der Waals surface area contributed by atoms with E-state index in [9.17, 15) is 4.79 Å². The number of nitrogens with zero attached hydrogens (tertiary/aromatic N) is 6. The summed E-state index contributed by atoms with van der Waals surface area (Å²) in [7, 11) is 0. The molecule has 2 aliphatic rings. The molecule has 0 saturated carbocycles. The molecule has 3 aromatic carbocycles. The molecule has 0 atom stereocenters. The summed E-state index contributed by atoms with van der Waals surface area (Å²) in [4.78, 5) is 23.3. The lowest BCUT2D eigenvalue weighted by molar-refractivity contribution is 0.248. The van der Waals surface area contributed by atoms with Crippen molar-refractivity contribution in [3.8, 4) is 5.69 Å². The van der Waals surface area contributed by atoms with Crippen molar-refractivity contribution in [3.05, 3.63) is 110 Å². The van der Waals surface area contributed by atoms with Crippen LogP contribution in [0.15, 0.2) is 82.6 Å². The predicted molar refractivity (Wildman–Crippen MR) is 153 cm³/mol. The lowest BCUT2D eigenvalue weighted by atomic mass is 10.0. The standard InChI is InChI=1S/C29H28Cl2N6O/c30-21-11-12-26-24(19-21)28(23-9-4-5-10-25(23)31)32-20-27-33-36(29(38)37(26)27)14-6-13-34-15-17-35(18-16-34)22-7-2-1-3-8-22/h1-5,7-12,19H,6,13-18,20H2. The van der Waals surface area contributed by atoms with Crippen molar-refractivity contribution in [3.63, 3.8) is 0 Å². The van der Waals surface area contributed by atoms with Crippen LogP contribution in [0, 0.1) is 0 Å². The Morgan fingerprint density at radius 3 is 2.37 bits per heavy atom. The van der Waals surface area contributed by atoms with Gasteiger partial charge in [-0.15, -0.1) is 0 Å². The molecule has 0 amide bonds. The van der Waals surface area contributed by atoms with E-state index in [2.05, 4.69) is 45.2 Å². The second kappa shape index (κ2) is 10.8. The molecule has 0 N–H and O–H groups in total. The summed E-state index contributed by atoms with van der Waals surface area (Å²) < 4.78 is 3.24. The Balaban J connectivity index is 1.18. The number of piperazine rings is 1. The number of hydrogen-bond donors (Lipinski definition) is 0. The molecule has 1 fully saturated rings. The predicted octanol–water partition coefficient (Wildman–Crippen LogP) is 4.90. The molecule has 0 radical (unpaired) electrons. The maximum absolute atomic E-state index is 13.5. The van der Waals surface area contributed by atoms with Crippen molar-refractivity contribution in [1.29, 1.82) is 0 Å². The number of anilines is 1. The smallest absolute Gasteiger partial charge is 0.350 e. The molecule has 194 valence electrons. The van der Waals surface area contributed by atoms with E-state index in [0.29, 0.717) is 33.8 Å². The summed E-state index contributed by atoms with van der Waals surface area (Å²) in [5.41, 5.74) is 4.11. The molecule has 0 spiro atoms. The van der Waals surface area contributed by atoms with E-state index in [1.165, 1.54) is 5.69 Å². The normalized spacial score (nSPS) is 15.5. The van der Waals surface area contributed by atoms with E-state index in [-0.39, 0.29) is 12.2 Å². The quantitative estimate of drug-likeness (QED) is 0.345. The average Bonchev–Trinajstić information content (AvgIpc) is 3.16. The minimum atomic E-state index is -0.159. The van der Waals surface area contributed by atoms with Gasteiger partial charge in [-0.1, -0.05) is 59.6 Å². The Morgan fingerprint density at radius 2 is 1.58 bits per heavy atom. The lowest BCUT2D eigenvalue weighted by Crippen LogP contribution is -2.46. The van der Waals surface area contributed by atoms with Crippen LogP contribution in [0.25, 0.3) is 5.69 Å². The van der Waals surface area contributed by atoms with Gasteiger partial charge in [0.1, 0.15) is 6.54 Å². The van der Waals surface area contributed by atoms with Crippen molar-refractivity contribution in [1.82, 2.24) is 19.2 Å². The number of aromatic nitrogens is 3. The highest BCUT2D eigenvalue weighted by molar-refractivity contribution is 6.36. The minimum Gasteiger partial charge on any atom is -0.369 e. The Labute approximate surface area is 231 Å². The van der Waals surface area contributed by atoms with Gasteiger partial charge in [-0.05, 0) is 42.8 Å². The third-order valence-corrected chi connectivity index (χ3v) is 7.77. The fraction of sp³-hybridized carbons (Fsp3) is 0.276. The Kier molecular flexibility index (Phi) is 7.06. The monoisotopic (exact) mass is 546 g/mol. The van der Waals surface area contributed by atoms with Crippen LogP contribution >= 0.6 is 23.2 Å². The van der Waals surface area contributed by atoms with E-state index in [1.54, 1.807) is 15.3 Å². The maximum atomic E-state index is 13.5. The number of fused-ring (bicyclic) bond motifs is 3. The van der Waals surface area contributed by atoms with Crippen LogP contribution in [-0.2, 0) is 13.1 Å². The molecule has 38 heavy (non-hydrogen) atoms. The molecule has 6 rings (SSSR count). The van der Waals surface area contributed by atoms with Crippen LogP contribution in [0.4, 0.5) is 5.69 Å². The highest BCUT2D eigenvalue weighted by atomic mass is 35.5. The first-order valence-electron chi connectivity index (χ1n) is 12.9. The molecular weight excluding hydrogens is 519 g/mol. The van der Waals surface area contributed by atoms with Crippen molar-refractivity contribution < 1.29 is 0 Å². The molecule has 0 aliphatic carbocycles. The van der Waals surface area contributed by atoms with E-state index in [1.807, 2.05) is 36.4 Å². The number of hydrogen-bond acceptors (Lipinski definition) is 5. The van der Waals surface area contributed by atoms with Crippen LogP contribution in [-0.4, -0.2) is 57.7 Å². The zero-order valence-electron chi connectivity index (χ0n) is 20.9. The third-order valence-electron chi connectivity index (χ3n) is 7.21. The second-order valence-electron chi connectivity index (χ2n) is 9.58. The zero-order valence-corrected chi connectivity index (χ0v) is 22.4. The minimum absolute atomic E-state index is 0.159. The molecule has 1 saturated heterocycles. The molecule has 7 nitrogen and oxygen atoms in total. The molecule has 4 aromatic rings.